The van der Waals surface area contributed by atoms with Crippen molar-refractivity contribution in [1.82, 2.24) is 0 Å². The van der Waals surface area contributed by atoms with Crippen LogP contribution in [0.4, 0.5) is 0 Å². The van der Waals surface area contributed by atoms with Crippen molar-refractivity contribution >= 4 is 17.6 Å². The minimum Gasteiger partial charge on any atom is -0.304 e. The summed E-state index contributed by atoms with van der Waals surface area (Å²) in [7, 11) is 0. The lowest BCUT2D eigenvalue weighted by Crippen LogP contribution is -1.44. The van der Waals surface area contributed by atoms with Gasteiger partial charge in [-0.2, -0.15) is 0 Å². The predicted molar refractivity (Wildman–Crippen MR) is 56.9 cm³/mol. The van der Waals surface area contributed by atoms with Gasteiger partial charge in [0.1, 0.15) is 6.29 Å². The lowest BCUT2D eigenvalue weighted by molar-refractivity contribution is -0.106. The number of hydrogen-bond acceptors (Lipinski definition) is 2. The van der Waals surface area contributed by atoms with E-state index in [9.17, 15) is 0 Å². The van der Waals surface area contributed by atoms with Crippen molar-refractivity contribution < 1.29 is 4.79 Å². The summed E-state index contributed by atoms with van der Waals surface area (Å²) in [5.74, 6) is 0. The Morgan fingerprint density at radius 2 is 1.42 bits per heavy atom. The van der Waals surface area contributed by atoms with Crippen LogP contribution in [-0.2, 0) is 4.79 Å². The van der Waals surface area contributed by atoms with Gasteiger partial charge in [0.25, 0.3) is 0 Å². The smallest absolute Gasteiger partial charge is 0.116 e. The van der Waals surface area contributed by atoms with Gasteiger partial charge in [-0.05, 0) is 32.9 Å². The van der Waals surface area contributed by atoms with E-state index in [2.05, 4.69) is 26.0 Å². The molecule has 0 fully saturated rings. The second kappa shape index (κ2) is 10.4. The van der Waals surface area contributed by atoms with Crippen molar-refractivity contribution in [3.8, 4) is 0 Å². The molecule has 0 unspecified atom stereocenters. The van der Waals surface area contributed by atoms with Crippen molar-refractivity contribution in [2.24, 2.45) is 0 Å². The standard InChI is InChI=1S/C6H8S.C2H4O.C2H6/c1-5-3-4-6(2)7-5;1-2-3;1-2/h3-4H,1-2H3;2H,1H3;1-2H3. The molecule has 12 heavy (non-hydrogen) atoms. The minimum atomic E-state index is 0.750. The van der Waals surface area contributed by atoms with Crippen molar-refractivity contribution in [3.63, 3.8) is 0 Å². The third kappa shape index (κ3) is 9.37. The number of thiophene rings is 1. The van der Waals surface area contributed by atoms with Crippen LogP contribution in [0, 0.1) is 13.8 Å². The summed E-state index contributed by atoms with van der Waals surface area (Å²) in [6.07, 6.45) is 0.750. The number of carbonyl (C=O) groups is 1. The van der Waals surface area contributed by atoms with Crippen LogP contribution in [0.25, 0.3) is 0 Å². The van der Waals surface area contributed by atoms with Gasteiger partial charge in [-0.1, -0.05) is 13.8 Å². The molecule has 0 saturated heterocycles. The molecule has 0 aliphatic carbocycles. The molecule has 0 spiro atoms. The van der Waals surface area contributed by atoms with Gasteiger partial charge in [0, 0.05) is 9.75 Å². The third-order valence-corrected chi connectivity index (χ3v) is 1.79. The molecule has 0 atom stereocenters. The quantitative estimate of drug-likeness (QED) is 0.566. The molecule has 2 heteroatoms. The maximum atomic E-state index is 8.81. The van der Waals surface area contributed by atoms with Crippen LogP contribution in [0.15, 0.2) is 12.1 Å². The molecule has 0 N–H and O–H groups in total. The summed E-state index contributed by atoms with van der Waals surface area (Å²) in [4.78, 5) is 11.6. The highest BCUT2D eigenvalue weighted by Gasteiger charge is 1.84. The zero-order valence-corrected chi connectivity index (χ0v) is 9.37. The summed E-state index contributed by atoms with van der Waals surface area (Å²) in [6, 6.07) is 4.28. The molecule has 0 radical (unpaired) electrons. The summed E-state index contributed by atoms with van der Waals surface area (Å²) in [5.41, 5.74) is 0. The Balaban J connectivity index is 0. The molecular weight excluding hydrogens is 168 g/mol. The fraction of sp³-hybridized carbons (Fsp3) is 0.500. The minimum absolute atomic E-state index is 0.750. The first-order valence-corrected chi connectivity index (χ1v) is 4.95. The van der Waals surface area contributed by atoms with Crippen LogP contribution in [0.1, 0.15) is 30.5 Å². The Bertz CT molecular complexity index is 175. The molecule has 0 aliphatic heterocycles. The fourth-order valence-electron chi connectivity index (χ4n) is 0.557. The average Bonchev–Trinajstić information content (AvgIpc) is 2.40. The maximum Gasteiger partial charge on any atom is 0.116 e. The van der Waals surface area contributed by atoms with Crippen LogP contribution >= 0.6 is 11.3 Å². The number of aldehydes is 1. The molecule has 0 aliphatic rings. The Morgan fingerprint density at radius 1 is 1.17 bits per heavy atom. The van der Waals surface area contributed by atoms with Crippen LogP contribution in [0.2, 0.25) is 0 Å². The van der Waals surface area contributed by atoms with Crippen LogP contribution < -0.4 is 0 Å². The van der Waals surface area contributed by atoms with E-state index >= 15 is 0 Å². The Kier molecular flexibility index (Phi) is 12.0. The van der Waals surface area contributed by atoms with Gasteiger partial charge in [-0.15, -0.1) is 11.3 Å². The summed E-state index contributed by atoms with van der Waals surface area (Å²) >= 11 is 1.84. The zero-order valence-electron chi connectivity index (χ0n) is 8.55. The third-order valence-electron chi connectivity index (χ3n) is 0.875. The highest BCUT2D eigenvalue weighted by molar-refractivity contribution is 7.11. The molecule has 1 aromatic heterocycles. The second-order valence-electron chi connectivity index (χ2n) is 1.89. The second-order valence-corrected chi connectivity index (χ2v) is 3.38. The maximum absolute atomic E-state index is 8.81. The number of rotatable bonds is 0. The van der Waals surface area contributed by atoms with Crippen LogP contribution in [0.5, 0.6) is 0 Å². The molecule has 0 saturated carbocycles. The molecule has 1 heterocycles. The average molecular weight is 186 g/mol. The van der Waals surface area contributed by atoms with E-state index in [1.807, 2.05) is 25.2 Å². The van der Waals surface area contributed by atoms with Crippen molar-refractivity contribution in [1.29, 1.82) is 0 Å². The zero-order chi connectivity index (χ0) is 9.98. The van der Waals surface area contributed by atoms with Gasteiger partial charge in [0.2, 0.25) is 0 Å². The van der Waals surface area contributed by atoms with E-state index in [0.717, 1.165) is 6.29 Å². The fourth-order valence-corrected chi connectivity index (χ4v) is 1.34. The summed E-state index contributed by atoms with van der Waals surface area (Å²) < 4.78 is 0. The topological polar surface area (TPSA) is 17.1 Å². The molecule has 0 amide bonds. The van der Waals surface area contributed by atoms with E-state index in [1.165, 1.54) is 16.7 Å². The summed E-state index contributed by atoms with van der Waals surface area (Å²) in [6.45, 7) is 9.69. The first-order valence-electron chi connectivity index (χ1n) is 4.13. The van der Waals surface area contributed by atoms with Gasteiger partial charge in [-0.3, -0.25) is 0 Å². The number of hydrogen-bond donors (Lipinski definition) is 0. The molecule has 70 valence electrons. The predicted octanol–water partition coefficient (Wildman–Crippen LogP) is 3.60. The lowest BCUT2D eigenvalue weighted by atomic mass is 10.5. The monoisotopic (exact) mass is 186 g/mol. The highest BCUT2D eigenvalue weighted by Crippen LogP contribution is 2.11. The molecule has 1 nitrogen and oxygen atoms in total. The summed E-state index contributed by atoms with van der Waals surface area (Å²) in [5, 5.41) is 0. The highest BCUT2D eigenvalue weighted by atomic mass is 32.1. The lowest BCUT2D eigenvalue weighted by Gasteiger charge is -1.71. The van der Waals surface area contributed by atoms with Gasteiger partial charge in [-0.25, -0.2) is 0 Å². The first kappa shape index (κ1) is 13.9. The van der Waals surface area contributed by atoms with E-state index in [-0.39, 0.29) is 0 Å². The van der Waals surface area contributed by atoms with E-state index in [4.69, 9.17) is 4.79 Å². The van der Waals surface area contributed by atoms with Crippen LogP contribution in [0.3, 0.4) is 0 Å². The molecule has 1 aromatic rings. The Morgan fingerprint density at radius 3 is 1.50 bits per heavy atom. The number of aryl methyl sites for hydroxylation is 2. The van der Waals surface area contributed by atoms with Gasteiger partial charge in [0.15, 0.2) is 0 Å². The first-order chi connectivity index (χ1) is 5.70. The SMILES string of the molecule is CC.CC=O.Cc1ccc(C)s1. The molecule has 1 rings (SSSR count). The molecule has 0 aromatic carbocycles. The van der Waals surface area contributed by atoms with E-state index in [1.54, 1.807) is 0 Å². The molecule has 0 bridgehead atoms. The normalized spacial score (nSPS) is 7.08. The van der Waals surface area contributed by atoms with Gasteiger partial charge >= 0.3 is 0 Å². The van der Waals surface area contributed by atoms with Crippen LogP contribution in [-0.4, -0.2) is 6.29 Å². The largest absolute Gasteiger partial charge is 0.304 e. The van der Waals surface area contributed by atoms with Crippen molar-refractivity contribution in [3.05, 3.63) is 21.9 Å². The van der Waals surface area contributed by atoms with Gasteiger partial charge < -0.3 is 4.79 Å². The van der Waals surface area contributed by atoms with Gasteiger partial charge in [0.05, 0.1) is 0 Å². The molecular formula is C10H18OS. The van der Waals surface area contributed by atoms with E-state index < -0.39 is 0 Å². The Labute approximate surface area is 79.4 Å². The van der Waals surface area contributed by atoms with E-state index in [0.29, 0.717) is 0 Å². The number of carbonyl (C=O) groups excluding carboxylic acids is 1. The van der Waals surface area contributed by atoms with Crippen molar-refractivity contribution in [2.75, 3.05) is 0 Å². The van der Waals surface area contributed by atoms with Crippen molar-refractivity contribution in [2.45, 2.75) is 34.6 Å². The Hall–Kier alpha value is -0.630.